The van der Waals surface area contributed by atoms with Gasteiger partial charge in [0.25, 0.3) is 5.91 Å². The zero-order chi connectivity index (χ0) is 14.7. The molecule has 0 saturated heterocycles. The number of benzene rings is 1. The first-order valence-corrected chi connectivity index (χ1v) is 7.56. The van der Waals surface area contributed by atoms with E-state index >= 15 is 0 Å². The molecule has 0 saturated carbocycles. The predicted molar refractivity (Wildman–Crippen MR) is 85.4 cm³/mol. The molecule has 21 heavy (non-hydrogen) atoms. The third-order valence-electron chi connectivity index (χ3n) is 2.77. The minimum atomic E-state index is -0.222. The van der Waals surface area contributed by atoms with E-state index in [1.165, 1.54) is 11.3 Å². The topological polar surface area (TPSA) is 59.6 Å². The van der Waals surface area contributed by atoms with Crippen LogP contribution in [0.2, 0.25) is 0 Å². The van der Waals surface area contributed by atoms with E-state index in [2.05, 4.69) is 10.6 Å². The van der Waals surface area contributed by atoms with Gasteiger partial charge in [-0.1, -0.05) is 6.07 Å². The van der Waals surface area contributed by atoms with E-state index in [1.807, 2.05) is 17.5 Å². The van der Waals surface area contributed by atoms with Crippen LogP contribution in [0.1, 0.15) is 9.67 Å². The van der Waals surface area contributed by atoms with Gasteiger partial charge in [-0.2, -0.15) is 0 Å². The second-order valence-electron chi connectivity index (χ2n) is 4.24. The van der Waals surface area contributed by atoms with Gasteiger partial charge in [-0.15, -0.1) is 11.3 Å². The number of carbonyl (C=O) groups is 1. The fourth-order valence-corrected chi connectivity index (χ4v) is 2.69. The molecule has 5 nitrogen and oxygen atoms in total. The monoisotopic (exact) mass is 320 g/mol. The highest BCUT2D eigenvalue weighted by atomic mass is 32.1. The summed E-state index contributed by atoms with van der Waals surface area (Å²) >= 11 is 6.49. The lowest BCUT2D eigenvalue weighted by Crippen LogP contribution is -2.33. The van der Waals surface area contributed by atoms with Gasteiger partial charge in [0.2, 0.25) is 0 Å². The number of thiocarbonyl (C=S) groups is 1. The van der Waals surface area contributed by atoms with Gasteiger partial charge < -0.3 is 14.8 Å². The maximum atomic E-state index is 11.9. The Morgan fingerprint density at radius 2 is 2.00 bits per heavy atom. The highest BCUT2D eigenvalue weighted by Crippen LogP contribution is 2.32. The van der Waals surface area contributed by atoms with E-state index in [-0.39, 0.29) is 11.0 Å². The molecule has 1 amide bonds. The minimum absolute atomic E-state index is 0.222. The molecular formula is C14H12N2O3S2. The molecule has 0 aliphatic carbocycles. The summed E-state index contributed by atoms with van der Waals surface area (Å²) in [5.41, 5.74) is 0.732. The van der Waals surface area contributed by atoms with E-state index in [0.717, 1.165) is 5.69 Å². The van der Waals surface area contributed by atoms with Gasteiger partial charge in [0.05, 0.1) is 4.88 Å². The number of rotatable bonds is 2. The van der Waals surface area contributed by atoms with Crippen molar-refractivity contribution in [2.75, 3.05) is 18.5 Å². The van der Waals surface area contributed by atoms with Crippen LogP contribution in [0.5, 0.6) is 11.5 Å². The summed E-state index contributed by atoms with van der Waals surface area (Å²) < 4.78 is 10.9. The summed E-state index contributed by atoms with van der Waals surface area (Å²) in [4.78, 5) is 12.5. The van der Waals surface area contributed by atoms with Crippen molar-refractivity contribution >= 4 is 40.3 Å². The molecule has 2 aromatic rings. The smallest absolute Gasteiger partial charge is 0.267 e. The molecule has 0 radical (unpaired) electrons. The summed E-state index contributed by atoms with van der Waals surface area (Å²) in [6.07, 6.45) is 0. The molecule has 1 aliphatic rings. The fraction of sp³-hybridized carbons (Fsp3) is 0.143. The van der Waals surface area contributed by atoms with Gasteiger partial charge in [0, 0.05) is 11.8 Å². The van der Waals surface area contributed by atoms with Crippen molar-refractivity contribution < 1.29 is 14.3 Å². The Balaban J connectivity index is 1.63. The lowest BCUT2D eigenvalue weighted by Gasteiger charge is -2.19. The van der Waals surface area contributed by atoms with Gasteiger partial charge in [-0.25, -0.2) is 0 Å². The van der Waals surface area contributed by atoms with Crippen molar-refractivity contribution in [1.82, 2.24) is 5.32 Å². The number of hydrogen-bond donors (Lipinski definition) is 2. The Labute approximate surface area is 130 Å². The maximum absolute atomic E-state index is 11.9. The Morgan fingerprint density at radius 1 is 1.19 bits per heavy atom. The lowest BCUT2D eigenvalue weighted by atomic mass is 10.2. The second-order valence-corrected chi connectivity index (χ2v) is 5.60. The van der Waals surface area contributed by atoms with Gasteiger partial charge in [0.15, 0.2) is 16.6 Å². The average molecular weight is 320 g/mol. The van der Waals surface area contributed by atoms with E-state index in [0.29, 0.717) is 29.6 Å². The first kappa shape index (κ1) is 13.8. The normalized spacial score (nSPS) is 12.6. The molecule has 1 aromatic carbocycles. The van der Waals surface area contributed by atoms with E-state index < -0.39 is 0 Å². The van der Waals surface area contributed by atoms with Crippen molar-refractivity contribution in [1.29, 1.82) is 0 Å². The van der Waals surface area contributed by atoms with Crippen LogP contribution in [-0.4, -0.2) is 24.2 Å². The number of fused-ring (bicyclic) bond motifs is 1. The summed E-state index contributed by atoms with van der Waals surface area (Å²) in [6, 6.07) is 8.97. The standard InChI is InChI=1S/C14H12N2O3S2/c17-13(12-2-1-7-21-12)16-14(20)15-9-3-4-10-11(8-9)19-6-5-18-10/h1-4,7-8H,5-6H2,(H2,15,16,17,20). The second kappa shape index (κ2) is 6.11. The molecule has 0 fully saturated rings. The van der Waals surface area contributed by atoms with Crippen molar-refractivity contribution in [2.24, 2.45) is 0 Å². The van der Waals surface area contributed by atoms with Crippen molar-refractivity contribution in [2.45, 2.75) is 0 Å². The Bertz CT molecular complexity index is 671. The molecule has 7 heteroatoms. The fourth-order valence-electron chi connectivity index (χ4n) is 1.86. The van der Waals surface area contributed by atoms with Gasteiger partial charge in [-0.3, -0.25) is 10.1 Å². The number of anilines is 1. The molecule has 0 unspecified atom stereocenters. The zero-order valence-electron chi connectivity index (χ0n) is 10.9. The van der Waals surface area contributed by atoms with Gasteiger partial charge in [0.1, 0.15) is 13.2 Å². The minimum Gasteiger partial charge on any atom is -0.486 e. The molecule has 2 heterocycles. The van der Waals surface area contributed by atoms with Gasteiger partial charge >= 0.3 is 0 Å². The Morgan fingerprint density at radius 3 is 2.76 bits per heavy atom. The first-order chi connectivity index (χ1) is 10.2. The Hall–Kier alpha value is -2.12. The van der Waals surface area contributed by atoms with E-state index in [4.69, 9.17) is 21.7 Å². The molecular weight excluding hydrogens is 308 g/mol. The summed E-state index contributed by atoms with van der Waals surface area (Å²) in [5, 5.41) is 7.66. The highest BCUT2D eigenvalue weighted by Gasteiger charge is 2.13. The molecule has 1 aromatic heterocycles. The van der Waals surface area contributed by atoms with Crippen molar-refractivity contribution in [3.05, 3.63) is 40.6 Å². The zero-order valence-corrected chi connectivity index (χ0v) is 12.6. The van der Waals surface area contributed by atoms with Crippen LogP contribution in [0.15, 0.2) is 35.7 Å². The van der Waals surface area contributed by atoms with Crippen LogP contribution in [-0.2, 0) is 0 Å². The molecule has 0 bridgehead atoms. The Kier molecular flexibility index (Phi) is 4.03. The third kappa shape index (κ3) is 3.32. The number of amides is 1. The van der Waals surface area contributed by atoms with Crippen LogP contribution < -0.4 is 20.1 Å². The van der Waals surface area contributed by atoms with Crippen LogP contribution >= 0.6 is 23.6 Å². The summed E-state index contributed by atoms with van der Waals surface area (Å²) in [6.45, 7) is 1.07. The highest BCUT2D eigenvalue weighted by molar-refractivity contribution is 7.80. The number of hydrogen-bond acceptors (Lipinski definition) is 5. The molecule has 3 rings (SSSR count). The van der Waals surface area contributed by atoms with E-state index in [1.54, 1.807) is 18.2 Å². The molecule has 2 N–H and O–H groups in total. The number of ether oxygens (including phenoxy) is 2. The summed E-state index contributed by atoms with van der Waals surface area (Å²) in [7, 11) is 0. The van der Waals surface area contributed by atoms with Crippen LogP contribution in [0, 0.1) is 0 Å². The van der Waals surface area contributed by atoms with E-state index in [9.17, 15) is 4.79 Å². The van der Waals surface area contributed by atoms with Gasteiger partial charge in [-0.05, 0) is 35.8 Å². The average Bonchev–Trinajstić information content (AvgIpc) is 3.01. The van der Waals surface area contributed by atoms with Crippen molar-refractivity contribution in [3.63, 3.8) is 0 Å². The summed E-state index contributed by atoms with van der Waals surface area (Å²) in [5.74, 6) is 1.15. The van der Waals surface area contributed by atoms with Crippen LogP contribution in [0.3, 0.4) is 0 Å². The van der Waals surface area contributed by atoms with Crippen molar-refractivity contribution in [3.8, 4) is 11.5 Å². The first-order valence-electron chi connectivity index (χ1n) is 6.28. The van der Waals surface area contributed by atoms with Crippen LogP contribution in [0.25, 0.3) is 0 Å². The third-order valence-corrected chi connectivity index (χ3v) is 3.84. The SMILES string of the molecule is O=C(NC(=S)Nc1ccc2c(c1)OCCO2)c1cccs1. The molecule has 0 atom stereocenters. The number of thiophene rings is 1. The largest absolute Gasteiger partial charge is 0.486 e. The molecule has 1 aliphatic heterocycles. The molecule has 0 spiro atoms. The number of nitrogens with one attached hydrogen (secondary N) is 2. The number of carbonyl (C=O) groups excluding carboxylic acids is 1. The predicted octanol–water partition coefficient (Wildman–Crippen LogP) is 2.65. The maximum Gasteiger partial charge on any atom is 0.267 e. The quantitative estimate of drug-likeness (QED) is 0.833. The van der Waals surface area contributed by atoms with Crippen LogP contribution in [0.4, 0.5) is 5.69 Å². The lowest BCUT2D eigenvalue weighted by molar-refractivity contribution is 0.0981. The molecule has 108 valence electrons.